The summed E-state index contributed by atoms with van der Waals surface area (Å²) >= 11 is 5.76. The zero-order valence-electron chi connectivity index (χ0n) is 12.2. The first kappa shape index (κ1) is 18.7. The van der Waals surface area contributed by atoms with Crippen molar-refractivity contribution >= 4 is 41.5 Å². The van der Waals surface area contributed by atoms with Crippen LogP contribution in [0.3, 0.4) is 0 Å². The highest BCUT2D eigenvalue weighted by Gasteiger charge is 2.09. The van der Waals surface area contributed by atoms with Gasteiger partial charge in [-0.05, 0) is 17.7 Å². The molecule has 0 aliphatic carbocycles. The summed E-state index contributed by atoms with van der Waals surface area (Å²) in [6.45, 7) is 1.07. The molecule has 120 valence electrons. The summed E-state index contributed by atoms with van der Waals surface area (Å²) in [5.41, 5.74) is 1.68. The molecule has 0 fully saturated rings. The highest BCUT2D eigenvalue weighted by molar-refractivity contribution is 14.0. The Bertz CT molecular complexity index is 621. The summed E-state index contributed by atoms with van der Waals surface area (Å²) in [7, 11) is 3.58. The van der Waals surface area contributed by atoms with Crippen LogP contribution >= 0.6 is 35.6 Å². The predicted molar refractivity (Wildman–Crippen MR) is 95.0 cm³/mol. The van der Waals surface area contributed by atoms with Crippen LogP contribution in [0.5, 0.6) is 0 Å². The molecule has 0 aliphatic rings. The summed E-state index contributed by atoms with van der Waals surface area (Å²) in [6, 6.07) is 6.42. The number of aliphatic imine (C=N–C) groups is 1. The minimum atomic E-state index is -0.423. The van der Waals surface area contributed by atoms with E-state index in [1.807, 2.05) is 11.9 Å². The average Bonchev–Trinajstić information content (AvgIpc) is 2.96. The Morgan fingerprint density at radius 2 is 2.23 bits per heavy atom. The topological polar surface area (TPSA) is 53.7 Å². The molecule has 1 heterocycles. The van der Waals surface area contributed by atoms with E-state index in [1.54, 1.807) is 25.2 Å². The van der Waals surface area contributed by atoms with E-state index in [1.165, 1.54) is 12.3 Å². The van der Waals surface area contributed by atoms with Crippen molar-refractivity contribution in [1.82, 2.24) is 15.4 Å². The fourth-order valence-corrected chi connectivity index (χ4v) is 2.06. The first-order chi connectivity index (χ1) is 10.1. The Balaban J connectivity index is 0.00000242. The molecule has 0 spiro atoms. The quantitative estimate of drug-likeness (QED) is 0.452. The maximum absolute atomic E-state index is 13.1. The van der Waals surface area contributed by atoms with Gasteiger partial charge >= 0.3 is 0 Å². The third-order valence-corrected chi connectivity index (χ3v) is 3.19. The summed E-state index contributed by atoms with van der Waals surface area (Å²) in [5, 5.41) is 7.15. The van der Waals surface area contributed by atoms with Gasteiger partial charge in [-0.1, -0.05) is 22.8 Å². The van der Waals surface area contributed by atoms with E-state index in [2.05, 4.69) is 15.5 Å². The molecule has 2 rings (SSSR count). The van der Waals surface area contributed by atoms with Gasteiger partial charge in [0.1, 0.15) is 17.8 Å². The van der Waals surface area contributed by atoms with Crippen molar-refractivity contribution in [3.8, 4) is 0 Å². The smallest absolute Gasteiger partial charge is 0.194 e. The maximum atomic E-state index is 13.1. The zero-order chi connectivity index (χ0) is 15.2. The number of nitrogens with zero attached hydrogens (tertiary/aromatic N) is 3. The number of nitrogens with one attached hydrogen (secondary N) is 1. The van der Waals surface area contributed by atoms with E-state index >= 15 is 0 Å². The second kappa shape index (κ2) is 8.94. The molecule has 0 aliphatic heterocycles. The Morgan fingerprint density at radius 3 is 2.82 bits per heavy atom. The summed E-state index contributed by atoms with van der Waals surface area (Å²) in [4.78, 5) is 6.10. The van der Waals surface area contributed by atoms with Gasteiger partial charge in [0.2, 0.25) is 0 Å². The van der Waals surface area contributed by atoms with Gasteiger partial charge in [0.25, 0.3) is 0 Å². The third-order valence-electron chi connectivity index (χ3n) is 2.90. The molecule has 8 heteroatoms. The molecule has 0 atom stereocenters. The molecule has 0 unspecified atom stereocenters. The van der Waals surface area contributed by atoms with Crippen LogP contribution in [-0.4, -0.2) is 30.1 Å². The number of benzene rings is 1. The van der Waals surface area contributed by atoms with Crippen molar-refractivity contribution in [1.29, 1.82) is 0 Å². The predicted octanol–water partition coefficient (Wildman–Crippen LogP) is 3.29. The monoisotopic (exact) mass is 438 g/mol. The van der Waals surface area contributed by atoms with Crippen LogP contribution in [0, 0.1) is 5.82 Å². The van der Waals surface area contributed by atoms with Crippen molar-refractivity contribution < 1.29 is 8.91 Å². The van der Waals surface area contributed by atoms with Crippen molar-refractivity contribution in [2.45, 2.75) is 13.1 Å². The SMILES string of the molecule is CN=C(NCc1ccc(F)c(Cl)c1)N(C)Cc1ccon1.I. The van der Waals surface area contributed by atoms with Crippen molar-refractivity contribution in [2.24, 2.45) is 4.99 Å². The number of hydrogen-bond donors (Lipinski definition) is 1. The number of halogens is 3. The van der Waals surface area contributed by atoms with E-state index < -0.39 is 5.82 Å². The molecule has 0 saturated carbocycles. The van der Waals surface area contributed by atoms with Gasteiger partial charge in [0.15, 0.2) is 5.96 Å². The van der Waals surface area contributed by atoms with Crippen LogP contribution in [0.25, 0.3) is 0 Å². The molecule has 2 aromatic rings. The number of rotatable bonds is 4. The standard InChI is InChI=1S/C14H16ClFN4O.HI/c1-17-14(20(2)9-11-5-6-21-19-11)18-8-10-3-4-13(16)12(15)7-10;/h3-7H,8-9H2,1-2H3,(H,17,18);1H. The van der Waals surface area contributed by atoms with Crippen LogP contribution in [0.1, 0.15) is 11.3 Å². The first-order valence-corrected chi connectivity index (χ1v) is 6.73. The van der Waals surface area contributed by atoms with Crippen LogP contribution in [0.15, 0.2) is 40.0 Å². The van der Waals surface area contributed by atoms with Gasteiger partial charge in [-0.2, -0.15) is 0 Å². The normalized spacial score (nSPS) is 11.0. The highest BCUT2D eigenvalue weighted by Crippen LogP contribution is 2.15. The Hall–Kier alpha value is -1.35. The van der Waals surface area contributed by atoms with Gasteiger partial charge in [-0.3, -0.25) is 4.99 Å². The molecule has 0 saturated heterocycles. The van der Waals surface area contributed by atoms with Crippen LogP contribution in [-0.2, 0) is 13.1 Å². The Morgan fingerprint density at radius 1 is 1.45 bits per heavy atom. The lowest BCUT2D eigenvalue weighted by Crippen LogP contribution is -2.38. The van der Waals surface area contributed by atoms with Gasteiger partial charge in [0.05, 0.1) is 11.6 Å². The third kappa shape index (κ3) is 5.13. The van der Waals surface area contributed by atoms with E-state index in [9.17, 15) is 4.39 Å². The second-order valence-electron chi connectivity index (χ2n) is 4.50. The average molecular weight is 439 g/mol. The van der Waals surface area contributed by atoms with Crippen molar-refractivity contribution in [3.05, 3.63) is 52.6 Å². The van der Waals surface area contributed by atoms with Crippen LogP contribution < -0.4 is 5.32 Å². The van der Waals surface area contributed by atoms with Crippen molar-refractivity contribution in [2.75, 3.05) is 14.1 Å². The summed E-state index contributed by atoms with van der Waals surface area (Å²) in [5.74, 6) is 0.270. The lowest BCUT2D eigenvalue weighted by molar-refractivity contribution is 0.391. The van der Waals surface area contributed by atoms with Crippen LogP contribution in [0.2, 0.25) is 5.02 Å². The molecule has 0 amide bonds. The number of hydrogen-bond acceptors (Lipinski definition) is 3. The fraction of sp³-hybridized carbons (Fsp3) is 0.286. The molecule has 0 bridgehead atoms. The van der Waals surface area contributed by atoms with Gasteiger partial charge < -0.3 is 14.7 Å². The lowest BCUT2D eigenvalue weighted by atomic mass is 10.2. The number of aromatic nitrogens is 1. The van der Waals surface area contributed by atoms with Gasteiger partial charge in [0, 0.05) is 26.7 Å². The van der Waals surface area contributed by atoms with E-state index in [4.69, 9.17) is 16.1 Å². The molecule has 5 nitrogen and oxygen atoms in total. The molecule has 1 aromatic heterocycles. The second-order valence-corrected chi connectivity index (χ2v) is 4.90. The highest BCUT2D eigenvalue weighted by atomic mass is 127. The Kier molecular flexibility index (Phi) is 7.60. The molecule has 22 heavy (non-hydrogen) atoms. The zero-order valence-corrected chi connectivity index (χ0v) is 15.3. The van der Waals surface area contributed by atoms with Gasteiger partial charge in [-0.25, -0.2) is 4.39 Å². The summed E-state index contributed by atoms with van der Waals surface area (Å²) in [6.07, 6.45) is 1.53. The lowest BCUT2D eigenvalue weighted by Gasteiger charge is -2.21. The largest absolute Gasteiger partial charge is 0.364 e. The molecular formula is C14H17ClFIN4O. The molecule has 1 N–H and O–H groups in total. The van der Waals surface area contributed by atoms with E-state index in [-0.39, 0.29) is 29.0 Å². The first-order valence-electron chi connectivity index (χ1n) is 6.35. The maximum Gasteiger partial charge on any atom is 0.194 e. The fourth-order valence-electron chi connectivity index (χ4n) is 1.85. The van der Waals surface area contributed by atoms with E-state index in [0.29, 0.717) is 19.0 Å². The van der Waals surface area contributed by atoms with Crippen LogP contribution in [0.4, 0.5) is 4.39 Å². The van der Waals surface area contributed by atoms with Gasteiger partial charge in [-0.15, -0.1) is 24.0 Å². The summed E-state index contributed by atoms with van der Waals surface area (Å²) < 4.78 is 17.9. The molecular weight excluding hydrogens is 422 g/mol. The van der Waals surface area contributed by atoms with Crippen molar-refractivity contribution in [3.63, 3.8) is 0 Å². The van der Waals surface area contributed by atoms with E-state index in [0.717, 1.165) is 11.3 Å². The minimum absolute atomic E-state index is 0. The minimum Gasteiger partial charge on any atom is -0.364 e. The Labute approximate surface area is 150 Å². The number of guanidine groups is 1. The molecule has 1 aromatic carbocycles. The molecule has 0 radical (unpaired) electrons.